The van der Waals surface area contributed by atoms with Crippen LogP contribution >= 0.6 is 0 Å². The highest BCUT2D eigenvalue weighted by Crippen LogP contribution is 2.51. The lowest BCUT2D eigenvalue weighted by molar-refractivity contribution is -0.130. The molecule has 4 heteroatoms. The number of hydrogen-bond acceptors (Lipinski definition) is 4. The second-order valence-electron chi connectivity index (χ2n) is 9.10. The third kappa shape index (κ3) is 4.78. The van der Waals surface area contributed by atoms with Crippen LogP contribution in [0.25, 0.3) is 0 Å². The molecule has 2 fully saturated rings. The Morgan fingerprint density at radius 3 is 1.74 bits per heavy atom. The smallest absolute Gasteiger partial charge is 0.162 e. The van der Waals surface area contributed by atoms with Gasteiger partial charge in [0, 0.05) is 5.92 Å². The second kappa shape index (κ2) is 9.66. The number of rotatable bonds is 9. The zero-order valence-electron chi connectivity index (χ0n) is 18.1. The Morgan fingerprint density at radius 1 is 0.742 bits per heavy atom. The first kappa shape index (κ1) is 20.9. The van der Waals surface area contributed by atoms with Gasteiger partial charge in [0.25, 0.3) is 0 Å². The van der Waals surface area contributed by atoms with Crippen molar-refractivity contribution in [1.29, 1.82) is 0 Å². The summed E-state index contributed by atoms with van der Waals surface area (Å²) in [5, 5.41) is 0. The molecule has 4 unspecified atom stereocenters. The third-order valence-corrected chi connectivity index (χ3v) is 7.06. The lowest BCUT2D eigenvalue weighted by Crippen LogP contribution is -2.31. The topological polar surface area (TPSA) is 36.9 Å². The van der Waals surface area contributed by atoms with Gasteiger partial charge in [-0.2, -0.15) is 0 Å². The van der Waals surface area contributed by atoms with Crippen molar-refractivity contribution in [1.82, 2.24) is 0 Å². The maximum absolute atomic E-state index is 6.46. The Hall–Kier alpha value is -1.98. The van der Waals surface area contributed by atoms with E-state index >= 15 is 0 Å². The molecule has 3 aliphatic rings. The van der Waals surface area contributed by atoms with E-state index in [4.69, 9.17) is 18.9 Å². The van der Waals surface area contributed by atoms with E-state index in [9.17, 15) is 0 Å². The quantitative estimate of drug-likeness (QED) is 0.536. The number of benzene rings is 2. The van der Waals surface area contributed by atoms with Crippen molar-refractivity contribution in [2.75, 3.05) is 13.2 Å². The first-order valence-corrected chi connectivity index (χ1v) is 11.5. The highest BCUT2D eigenvalue weighted by atomic mass is 16.7. The molecule has 0 N–H and O–H groups in total. The molecule has 0 radical (unpaired) electrons. The molecule has 0 aromatic heterocycles. The van der Waals surface area contributed by atoms with Gasteiger partial charge in [-0.1, -0.05) is 79.7 Å². The molecule has 2 aromatic carbocycles. The Bertz CT molecular complexity index is 799. The Morgan fingerprint density at radius 2 is 1.26 bits per heavy atom. The van der Waals surface area contributed by atoms with Gasteiger partial charge in [0.15, 0.2) is 6.29 Å². The summed E-state index contributed by atoms with van der Waals surface area (Å²) in [6, 6.07) is 20.5. The minimum Gasteiger partial charge on any atom is -0.374 e. The molecule has 0 spiro atoms. The largest absolute Gasteiger partial charge is 0.374 e. The van der Waals surface area contributed by atoms with Gasteiger partial charge in [-0.15, -0.1) is 0 Å². The molecule has 2 aliphatic carbocycles. The summed E-state index contributed by atoms with van der Waals surface area (Å²) in [4.78, 5) is 0. The average molecular weight is 421 g/mol. The van der Waals surface area contributed by atoms with Crippen LogP contribution in [0.3, 0.4) is 0 Å². The predicted molar refractivity (Wildman–Crippen MR) is 119 cm³/mol. The highest BCUT2D eigenvalue weighted by molar-refractivity contribution is 5.15. The van der Waals surface area contributed by atoms with Crippen molar-refractivity contribution < 1.29 is 18.9 Å². The zero-order valence-corrected chi connectivity index (χ0v) is 18.1. The molecule has 1 saturated heterocycles. The second-order valence-corrected chi connectivity index (χ2v) is 9.10. The van der Waals surface area contributed by atoms with Crippen LogP contribution in [0.1, 0.15) is 24.5 Å². The van der Waals surface area contributed by atoms with Gasteiger partial charge in [-0.3, -0.25) is 0 Å². The van der Waals surface area contributed by atoms with Gasteiger partial charge >= 0.3 is 0 Å². The lowest BCUT2D eigenvalue weighted by Gasteiger charge is -2.29. The predicted octanol–water partition coefficient (Wildman–Crippen LogP) is 4.99. The minimum atomic E-state index is -0.175. The molecule has 1 heterocycles. The van der Waals surface area contributed by atoms with Gasteiger partial charge in [0.05, 0.1) is 26.4 Å². The van der Waals surface area contributed by atoms with Crippen LogP contribution in [-0.4, -0.2) is 31.7 Å². The van der Waals surface area contributed by atoms with E-state index in [1.807, 2.05) is 36.4 Å². The van der Waals surface area contributed by atoms with E-state index in [0.717, 1.165) is 0 Å². The Labute approximate surface area is 185 Å². The van der Waals surface area contributed by atoms with Gasteiger partial charge in [0.1, 0.15) is 12.2 Å². The summed E-state index contributed by atoms with van der Waals surface area (Å²) in [6.45, 7) is 4.52. The van der Waals surface area contributed by atoms with Crippen LogP contribution in [0.5, 0.6) is 0 Å². The first-order valence-electron chi connectivity index (χ1n) is 11.5. The summed E-state index contributed by atoms with van der Waals surface area (Å²) < 4.78 is 25.0. The highest BCUT2D eigenvalue weighted by Gasteiger charge is 2.51. The van der Waals surface area contributed by atoms with E-state index in [-0.39, 0.29) is 18.5 Å². The lowest BCUT2D eigenvalue weighted by atomic mass is 9.84. The SMILES string of the molecule is CC1C2C=CC(C2)C1C1O[C@@H](COCc2ccccc2)[C@H](COCc2ccccc2)O1. The van der Waals surface area contributed by atoms with Crippen LogP contribution in [0, 0.1) is 23.7 Å². The van der Waals surface area contributed by atoms with Crippen LogP contribution in [0.2, 0.25) is 0 Å². The molecule has 2 bridgehead atoms. The van der Waals surface area contributed by atoms with Crippen LogP contribution in [0.15, 0.2) is 72.8 Å². The molecule has 5 rings (SSSR count). The Balaban J connectivity index is 1.20. The summed E-state index contributed by atoms with van der Waals surface area (Å²) in [7, 11) is 0. The summed E-state index contributed by atoms with van der Waals surface area (Å²) in [6.07, 6.45) is 5.58. The third-order valence-electron chi connectivity index (χ3n) is 7.06. The van der Waals surface area contributed by atoms with E-state index in [0.29, 0.717) is 50.1 Å². The molecule has 1 saturated carbocycles. The van der Waals surface area contributed by atoms with Crippen molar-refractivity contribution in [3.05, 3.63) is 83.9 Å². The average Bonchev–Trinajstić information content (AvgIpc) is 3.51. The molecule has 2 aromatic rings. The standard InChI is InChI=1S/C27H32O4/c1-19-22-12-13-23(14-22)26(19)27-30-24(17-28-15-20-8-4-2-5-9-20)25(31-27)18-29-16-21-10-6-3-7-11-21/h2-13,19,22-27H,14-18H2,1H3/t19?,22?,23?,24-,25-,26?/m0/s1. The van der Waals surface area contributed by atoms with Crippen molar-refractivity contribution in [2.45, 2.75) is 45.1 Å². The van der Waals surface area contributed by atoms with Crippen molar-refractivity contribution >= 4 is 0 Å². The fraction of sp³-hybridized carbons (Fsp3) is 0.481. The molecule has 0 amide bonds. The zero-order chi connectivity index (χ0) is 21.0. The molecular formula is C27H32O4. The fourth-order valence-corrected chi connectivity index (χ4v) is 5.32. The normalized spacial score (nSPS) is 32.2. The molecular weight excluding hydrogens is 388 g/mol. The van der Waals surface area contributed by atoms with Crippen molar-refractivity contribution in [2.24, 2.45) is 23.7 Å². The van der Waals surface area contributed by atoms with Crippen molar-refractivity contribution in [3.63, 3.8) is 0 Å². The first-order chi connectivity index (χ1) is 15.3. The van der Waals surface area contributed by atoms with Gasteiger partial charge < -0.3 is 18.9 Å². The maximum atomic E-state index is 6.46. The Kier molecular flexibility index (Phi) is 6.51. The van der Waals surface area contributed by atoms with Crippen LogP contribution in [-0.2, 0) is 32.2 Å². The number of allylic oxidation sites excluding steroid dienone is 2. The van der Waals surface area contributed by atoms with Gasteiger partial charge in [-0.25, -0.2) is 0 Å². The van der Waals surface area contributed by atoms with Gasteiger partial charge in [-0.05, 0) is 35.3 Å². The van der Waals surface area contributed by atoms with Crippen LogP contribution in [0.4, 0.5) is 0 Å². The minimum absolute atomic E-state index is 0.111. The van der Waals surface area contributed by atoms with Gasteiger partial charge in [0.2, 0.25) is 0 Å². The number of ether oxygens (including phenoxy) is 4. The fourth-order valence-electron chi connectivity index (χ4n) is 5.32. The molecule has 164 valence electrons. The monoisotopic (exact) mass is 420 g/mol. The summed E-state index contributed by atoms with van der Waals surface area (Å²) in [5.74, 6) is 2.25. The summed E-state index contributed by atoms with van der Waals surface area (Å²) in [5.41, 5.74) is 2.34. The van der Waals surface area contributed by atoms with E-state index in [1.165, 1.54) is 17.5 Å². The molecule has 1 aliphatic heterocycles. The number of hydrogen-bond donors (Lipinski definition) is 0. The molecule has 31 heavy (non-hydrogen) atoms. The summed E-state index contributed by atoms with van der Waals surface area (Å²) >= 11 is 0. The van der Waals surface area contributed by atoms with Crippen molar-refractivity contribution in [3.8, 4) is 0 Å². The molecule has 4 nitrogen and oxygen atoms in total. The van der Waals surface area contributed by atoms with E-state index < -0.39 is 0 Å². The maximum Gasteiger partial charge on any atom is 0.162 e. The molecule has 6 atom stereocenters. The van der Waals surface area contributed by atoms with E-state index in [1.54, 1.807) is 0 Å². The number of fused-ring (bicyclic) bond motifs is 2. The van der Waals surface area contributed by atoms with Crippen LogP contribution < -0.4 is 0 Å². The van der Waals surface area contributed by atoms with E-state index in [2.05, 4.69) is 43.3 Å².